The molecule has 0 saturated heterocycles. The van der Waals surface area contributed by atoms with Crippen LogP contribution in [0.2, 0.25) is 0 Å². The first-order valence-electron chi connectivity index (χ1n) is 12.9. The highest BCUT2D eigenvalue weighted by molar-refractivity contribution is 5.88. The lowest BCUT2D eigenvalue weighted by Gasteiger charge is -2.09. The molecule has 0 amide bonds. The Balaban J connectivity index is 1.69. The summed E-state index contributed by atoms with van der Waals surface area (Å²) in [5.41, 5.74) is 0.181. The van der Waals surface area contributed by atoms with Gasteiger partial charge in [0.05, 0.1) is 6.42 Å². The largest absolute Gasteiger partial charge is 0.508 e. The Morgan fingerprint density at radius 2 is 1.32 bits per heavy atom. The number of aliphatic carboxylic acids is 1. The summed E-state index contributed by atoms with van der Waals surface area (Å²) in [5, 5.41) is 19.8. The molecule has 0 fully saturated rings. The molecule has 6 heteroatoms. The molecule has 0 unspecified atom stereocenters. The van der Waals surface area contributed by atoms with Crippen LogP contribution in [0, 0.1) is 0 Å². The third-order valence-electron chi connectivity index (χ3n) is 6.32. The molecule has 188 valence electrons. The lowest BCUT2D eigenvalue weighted by atomic mass is 9.99. The van der Waals surface area contributed by atoms with Gasteiger partial charge in [-0.05, 0) is 18.1 Å². The maximum absolute atomic E-state index is 12.4. The third kappa shape index (κ3) is 10.1. The molecule has 1 heterocycles. The molecule has 0 spiro atoms. The van der Waals surface area contributed by atoms with E-state index in [1.807, 2.05) is 0 Å². The van der Waals surface area contributed by atoms with E-state index in [1.165, 1.54) is 70.3 Å². The van der Waals surface area contributed by atoms with Gasteiger partial charge in [-0.15, -0.1) is 0 Å². The molecule has 0 bridgehead atoms. The van der Waals surface area contributed by atoms with Crippen LogP contribution < -0.4 is 5.63 Å². The topological polar surface area (TPSA) is 105 Å². The van der Waals surface area contributed by atoms with E-state index < -0.39 is 11.6 Å². The summed E-state index contributed by atoms with van der Waals surface area (Å²) in [5.74, 6) is -1.16. The fourth-order valence-corrected chi connectivity index (χ4v) is 4.40. The average molecular weight is 473 g/mol. The number of fused-ring (bicyclic) bond motifs is 1. The summed E-state index contributed by atoms with van der Waals surface area (Å²) in [7, 11) is 0. The van der Waals surface area contributed by atoms with Crippen LogP contribution in [0.5, 0.6) is 5.75 Å². The first kappa shape index (κ1) is 27.6. The van der Waals surface area contributed by atoms with Crippen molar-refractivity contribution in [3.05, 3.63) is 39.7 Å². The molecule has 0 aliphatic carbocycles. The van der Waals surface area contributed by atoms with Crippen LogP contribution in [0.15, 0.2) is 27.4 Å². The average Bonchev–Trinajstić information content (AvgIpc) is 2.77. The van der Waals surface area contributed by atoms with Crippen LogP contribution in [0.3, 0.4) is 0 Å². The van der Waals surface area contributed by atoms with Crippen LogP contribution in [0.25, 0.3) is 11.0 Å². The first-order valence-corrected chi connectivity index (χ1v) is 12.9. The summed E-state index contributed by atoms with van der Waals surface area (Å²) < 4.78 is 5.08. The number of carboxylic acids is 1. The van der Waals surface area contributed by atoms with E-state index in [2.05, 4.69) is 6.92 Å². The van der Waals surface area contributed by atoms with Crippen LogP contribution in [-0.2, 0) is 22.4 Å². The van der Waals surface area contributed by atoms with Crippen molar-refractivity contribution in [1.29, 1.82) is 0 Å². The van der Waals surface area contributed by atoms with Crippen LogP contribution in [-0.4, -0.2) is 22.0 Å². The standard InChI is InChI=1S/C28H40O6/c1-2-3-4-5-6-7-8-9-10-11-12-13-14-15-23(29)16-22-17-24-21(18-27(31)32)19-28(33)34-26(24)20-25(22)30/h17,19-20,30H,2-16,18H2,1H3,(H,31,32). The van der Waals surface area contributed by atoms with Crippen LogP contribution in [0.4, 0.5) is 0 Å². The van der Waals surface area contributed by atoms with Gasteiger partial charge in [0.15, 0.2) is 0 Å². The van der Waals surface area contributed by atoms with Gasteiger partial charge >= 0.3 is 11.6 Å². The highest BCUT2D eigenvalue weighted by Crippen LogP contribution is 2.28. The molecule has 34 heavy (non-hydrogen) atoms. The van der Waals surface area contributed by atoms with Gasteiger partial charge in [0, 0.05) is 35.9 Å². The van der Waals surface area contributed by atoms with E-state index in [-0.39, 0.29) is 30.0 Å². The Hall–Kier alpha value is -2.63. The SMILES string of the molecule is CCCCCCCCCCCCCCCC(=O)Cc1cc2c(CC(=O)O)cc(=O)oc2cc1O. The Labute approximate surface area is 202 Å². The number of carboxylic acid groups (broad SMARTS) is 1. The van der Waals surface area contributed by atoms with Crippen molar-refractivity contribution >= 4 is 22.7 Å². The molecule has 0 radical (unpaired) electrons. The van der Waals surface area contributed by atoms with Crippen LogP contribution in [0.1, 0.15) is 108 Å². The molecule has 0 aliphatic rings. The molecule has 0 aliphatic heterocycles. The third-order valence-corrected chi connectivity index (χ3v) is 6.32. The molecule has 0 atom stereocenters. The van der Waals surface area contributed by atoms with Crippen molar-refractivity contribution in [2.45, 2.75) is 110 Å². The highest BCUT2D eigenvalue weighted by Gasteiger charge is 2.15. The quantitative estimate of drug-likeness (QED) is 0.184. The van der Waals surface area contributed by atoms with E-state index >= 15 is 0 Å². The fraction of sp³-hybridized carbons (Fsp3) is 0.607. The number of phenolic OH excluding ortho intramolecular Hbond substituents is 1. The van der Waals surface area contributed by atoms with Crippen molar-refractivity contribution in [2.24, 2.45) is 0 Å². The molecule has 2 aromatic rings. The zero-order valence-electron chi connectivity index (χ0n) is 20.6. The Morgan fingerprint density at radius 1 is 0.765 bits per heavy atom. The normalized spacial score (nSPS) is 11.2. The lowest BCUT2D eigenvalue weighted by Crippen LogP contribution is -2.07. The molecular weight excluding hydrogens is 432 g/mol. The number of aromatic hydroxyl groups is 1. The van der Waals surface area contributed by atoms with Gasteiger partial charge < -0.3 is 14.6 Å². The maximum Gasteiger partial charge on any atom is 0.336 e. The van der Waals surface area contributed by atoms with E-state index in [9.17, 15) is 19.5 Å². The second-order valence-corrected chi connectivity index (χ2v) is 9.35. The van der Waals surface area contributed by atoms with E-state index in [1.54, 1.807) is 6.07 Å². The van der Waals surface area contributed by atoms with E-state index in [4.69, 9.17) is 9.52 Å². The minimum atomic E-state index is -1.07. The van der Waals surface area contributed by atoms with Gasteiger partial charge in [-0.1, -0.05) is 84.0 Å². The van der Waals surface area contributed by atoms with Gasteiger partial charge in [-0.3, -0.25) is 9.59 Å². The monoisotopic (exact) mass is 472 g/mol. The maximum atomic E-state index is 12.4. The number of Topliss-reactive ketones (excluding diaryl/α,β-unsaturated/α-hetero) is 1. The zero-order valence-corrected chi connectivity index (χ0v) is 20.6. The number of phenols is 1. The molecule has 2 N–H and O–H groups in total. The second kappa shape index (κ2) is 15.3. The number of hydrogen-bond acceptors (Lipinski definition) is 5. The number of carbonyl (C=O) groups excluding carboxylic acids is 1. The van der Waals surface area contributed by atoms with Gasteiger partial charge in [0.25, 0.3) is 0 Å². The fourth-order valence-electron chi connectivity index (χ4n) is 4.40. The second-order valence-electron chi connectivity index (χ2n) is 9.35. The predicted molar refractivity (Wildman–Crippen MR) is 135 cm³/mol. The molecule has 1 aromatic carbocycles. The summed E-state index contributed by atoms with van der Waals surface area (Å²) in [6.45, 7) is 2.25. The van der Waals surface area contributed by atoms with Crippen molar-refractivity contribution in [2.75, 3.05) is 0 Å². The van der Waals surface area contributed by atoms with Gasteiger partial charge in [0.2, 0.25) is 0 Å². The number of benzene rings is 1. The predicted octanol–water partition coefficient (Wildman–Crippen LogP) is 6.72. The summed E-state index contributed by atoms with van der Waals surface area (Å²) in [6, 6.07) is 4.00. The van der Waals surface area contributed by atoms with E-state index in [0.717, 1.165) is 25.3 Å². The summed E-state index contributed by atoms with van der Waals surface area (Å²) in [4.78, 5) is 35.2. The number of hydrogen-bond donors (Lipinski definition) is 2. The Kier molecular flexibility index (Phi) is 12.4. The zero-order chi connectivity index (χ0) is 24.8. The summed E-state index contributed by atoms with van der Waals surface area (Å²) in [6.07, 6.45) is 16.4. The number of unbranched alkanes of at least 4 members (excludes halogenated alkanes) is 12. The van der Waals surface area contributed by atoms with Gasteiger partial charge in [-0.2, -0.15) is 0 Å². The smallest absolute Gasteiger partial charge is 0.336 e. The first-order chi connectivity index (χ1) is 16.4. The molecule has 0 saturated carbocycles. The highest BCUT2D eigenvalue weighted by atomic mass is 16.4. The number of carbonyl (C=O) groups is 2. The minimum absolute atomic E-state index is 0.0369. The number of ketones is 1. The van der Waals surface area contributed by atoms with Crippen molar-refractivity contribution < 1.29 is 24.2 Å². The molecule has 1 aromatic heterocycles. The Bertz CT molecular complexity index is 975. The van der Waals surface area contributed by atoms with Crippen molar-refractivity contribution in [1.82, 2.24) is 0 Å². The minimum Gasteiger partial charge on any atom is -0.508 e. The van der Waals surface area contributed by atoms with Gasteiger partial charge in [0.1, 0.15) is 17.1 Å². The molecule has 2 rings (SSSR count). The Morgan fingerprint density at radius 3 is 1.88 bits per heavy atom. The van der Waals surface area contributed by atoms with E-state index in [0.29, 0.717) is 22.9 Å². The van der Waals surface area contributed by atoms with Crippen molar-refractivity contribution in [3.8, 4) is 5.75 Å². The molecular formula is C28H40O6. The van der Waals surface area contributed by atoms with Crippen molar-refractivity contribution in [3.63, 3.8) is 0 Å². The number of rotatable bonds is 18. The lowest BCUT2D eigenvalue weighted by molar-refractivity contribution is -0.136. The summed E-state index contributed by atoms with van der Waals surface area (Å²) >= 11 is 0. The van der Waals surface area contributed by atoms with Gasteiger partial charge in [-0.25, -0.2) is 4.79 Å². The molecule has 6 nitrogen and oxygen atoms in total. The van der Waals surface area contributed by atoms with Crippen LogP contribution >= 0.6 is 0 Å².